The van der Waals surface area contributed by atoms with Crippen LogP contribution in [0.25, 0.3) is 11.0 Å². The van der Waals surface area contributed by atoms with E-state index in [-0.39, 0.29) is 12.1 Å². The Hall–Kier alpha value is -2.83. The van der Waals surface area contributed by atoms with E-state index in [0.717, 1.165) is 15.8 Å². The molecule has 158 valence electrons. The molecule has 7 heteroatoms. The van der Waals surface area contributed by atoms with E-state index in [1.165, 1.54) is 6.07 Å². The molecule has 0 saturated carbocycles. The Labute approximate surface area is 171 Å². The molecule has 1 aromatic carbocycles. The van der Waals surface area contributed by atoms with Crippen LogP contribution in [-0.2, 0) is 11.2 Å². The highest BCUT2D eigenvalue weighted by Crippen LogP contribution is 2.29. The average molecular weight is 402 g/mol. The number of hydrogen-bond acceptors (Lipinski definition) is 5. The third-order valence-electron chi connectivity index (χ3n) is 4.61. The number of imide groups is 1. The van der Waals surface area contributed by atoms with Gasteiger partial charge in [0.1, 0.15) is 11.3 Å². The van der Waals surface area contributed by atoms with Crippen molar-refractivity contribution in [3.63, 3.8) is 0 Å². The molecule has 1 heterocycles. The van der Waals surface area contributed by atoms with Crippen molar-refractivity contribution in [2.75, 3.05) is 0 Å². The van der Waals surface area contributed by atoms with Crippen LogP contribution in [0.2, 0.25) is 0 Å². The highest BCUT2D eigenvalue weighted by molar-refractivity contribution is 5.97. The van der Waals surface area contributed by atoms with Gasteiger partial charge in [-0.15, -0.1) is 0 Å². The molecule has 0 fully saturated rings. The SMILES string of the molecule is CCc1cc(=O)oc2c(C)c(OC(C)C(=O)N(C(=O)NC(C)C)C(C)C)ccc12. The van der Waals surface area contributed by atoms with E-state index in [2.05, 4.69) is 5.32 Å². The van der Waals surface area contributed by atoms with Crippen molar-refractivity contribution in [1.29, 1.82) is 0 Å². The summed E-state index contributed by atoms with van der Waals surface area (Å²) in [6.07, 6.45) is -0.196. The molecule has 0 radical (unpaired) electrons. The van der Waals surface area contributed by atoms with E-state index in [4.69, 9.17) is 9.15 Å². The van der Waals surface area contributed by atoms with Crippen molar-refractivity contribution in [3.8, 4) is 5.75 Å². The molecule has 1 atom stereocenters. The Morgan fingerprint density at radius 2 is 1.83 bits per heavy atom. The second-order valence-electron chi connectivity index (χ2n) is 7.68. The van der Waals surface area contributed by atoms with E-state index in [1.807, 2.05) is 26.8 Å². The molecule has 1 N–H and O–H groups in total. The van der Waals surface area contributed by atoms with Gasteiger partial charge in [0.25, 0.3) is 5.91 Å². The van der Waals surface area contributed by atoms with Crippen molar-refractivity contribution in [3.05, 3.63) is 39.7 Å². The first-order valence-electron chi connectivity index (χ1n) is 9.93. The van der Waals surface area contributed by atoms with Gasteiger partial charge in [-0.3, -0.25) is 9.69 Å². The van der Waals surface area contributed by atoms with Gasteiger partial charge in [0.05, 0.1) is 0 Å². The molecule has 0 aliphatic carbocycles. The Morgan fingerprint density at radius 3 is 2.38 bits per heavy atom. The lowest BCUT2D eigenvalue weighted by Gasteiger charge is -2.29. The summed E-state index contributed by atoms with van der Waals surface area (Å²) in [7, 11) is 0. The lowest BCUT2D eigenvalue weighted by atomic mass is 10.0. The molecule has 0 saturated heterocycles. The number of benzene rings is 1. The maximum atomic E-state index is 12.9. The normalized spacial score (nSPS) is 12.3. The predicted molar refractivity (Wildman–Crippen MR) is 112 cm³/mol. The zero-order chi connectivity index (χ0) is 21.9. The van der Waals surface area contributed by atoms with Crippen molar-refractivity contribution in [2.45, 2.75) is 73.1 Å². The van der Waals surface area contributed by atoms with Gasteiger partial charge < -0.3 is 14.5 Å². The van der Waals surface area contributed by atoms with Gasteiger partial charge in [0.2, 0.25) is 0 Å². The summed E-state index contributed by atoms with van der Waals surface area (Å²) < 4.78 is 11.3. The highest BCUT2D eigenvalue weighted by atomic mass is 16.5. The van der Waals surface area contributed by atoms with Crippen molar-refractivity contribution >= 4 is 22.9 Å². The molecule has 0 bridgehead atoms. The Kier molecular flexibility index (Phi) is 7.06. The van der Waals surface area contributed by atoms with E-state index in [9.17, 15) is 14.4 Å². The standard InChI is InChI=1S/C22H30N2O5/c1-8-16-11-19(25)29-20-14(6)18(10-9-17(16)20)28-15(7)21(26)24(13(4)5)22(27)23-12(2)3/h9-13,15H,8H2,1-7H3,(H,23,27). The number of nitrogens with zero attached hydrogens (tertiary/aromatic N) is 1. The Balaban J connectivity index is 2.33. The minimum atomic E-state index is -0.896. The third kappa shape index (κ3) is 4.96. The molecule has 0 spiro atoms. The summed E-state index contributed by atoms with van der Waals surface area (Å²) in [4.78, 5) is 38.4. The van der Waals surface area contributed by atoms with Crippen LogP contribution in [0.1, 0.15) is 52.7 Å². The number of hydrogen-bond donors (Lipinski definition) is 1. The number of carbonyl (C=O) groups excluding carboxylic acids is 2. The zero-order valence-electron chi connectivity index (χ0n) is 18.2. The predicted octanol–water partition coefficient (Wildman–Crippen LogP) is 3.79. The molecule has 7 nitrogen and oxygen atoms in total. The summed E-state index contributed by atoms with van der Waals surface area (Å²) >= 11 is 0. The maximum absolute atomic E-state index is 12.9. The van der Waals surface area contributed by atoms with Gasteiger partial charge in [-0.25, -0.2) is 9.59 Å². The van der Waals surface area contributed by atoms with Crippen LogP contribution in [0.4, 0.5) is 4.79 Å². The molecule has 0 aliphatic heterocycles. The first kappa shape index (κ1) is 22.5. The average Bonchev–Trinajstić information content (AvgIpc) is 2.62. The Bertz CT molecular complexity index is 962. The molecule has 3 amide bonds. The summed E-state index contributed by atoms with van der Waals surface area (Å²) in [5, 5.41) is 3.58. The number of nitrogens with one attached hydrogen (secondary N) is 1. The van der Waals surface area contributed by atoms with E-state index in [0.29, 0.717) is 23.3 Å². The van der Waals surface area contributed by atoms with Gasteiger partial charge in [-0.1, -0.05) is 6.92 Å². The number of fused-ring (bicyclic) bond motifs is 1. The van der Waals surface area contributed by atoms with Gasteiger partial charge in [-0.05, 0) is 65.7 Å². The van der Waals surface area contributed by atoms with Gasteiger partial charge in [0, 0.05) is 29.1 Å². The molecule has 2 rings (SSSR count). The van der Waals surface area contributed by atoms with Crippen LogP contribution in [0.15, 0.2) is 27.4 Å². The summed E-state index contributed by atoms with van der Waals surface area (Å²) in [6.45, 7) is 12.6. The van der Waals surface area contributed by atoms with Gasteiger partial charge >= 0.3 is 11.7 Å². The molecular weight excluding hydrogens is 372 g/mol. The van der Waals surface area contributed by atoms with Gasteiger partial charge in [-0.2, -0.15) is 0 Å². The van der Waals surface area contributed by atoms with E-state index in [1.54, 1.807) is 33.8 Å². The monoisotopic (exact) mass is 402 g/mol. The largest absolute Gasteiger partial charge is 0.480 e. The van der Waals surface area contributed by atoms with Crippen molar-refractivity contribution in [1.82, 2.24) is 10.2 Å². The van der Waals surface area contributed by atoms with Crippen molar-refractivity contribution in [2.24, 2.45) is 0 Å². The minimum absolute atomic E-state index is 0.0915. The molecule has 1 aromatic heterocycles. The van der Waals surface area contributed by atoms with Gasteiger partial charge in [0.15, 0.2) is 6.10 Å². The first-order valence-corrected chi connectivity index (χ1v) is 9.93. The van der Waals surface area contributed by atoms with Crippen LogP contribution in [0.3, 0.4) is 0 Å². The fourth-order valence-corrected chi connectivity index (χ4v) is 3.17. The number of ether oxygens (including phenoxy) is 1. The van der Waals surface area contributed by atoms with Crippen LogP contribution in [0.5, 0.6) is 5.75 Å². The topological polar surface area (TPSA) is 88.8 Å². The summed E-state index contributed by atoms with van der Waals surface area (Å²) in [6, 6.07) is 4.20. The number of rotatable bonds is 6. The van der Waals surface area contributed by atoms with Crippen molar-refractivity contribution < 1.29 is 18.7 Å². The summed E-state index contributed by atoms with van der Waals surface area (Å²) in [5.41, 5.74) is 1.56. The zero-order valence-corrected chi connectivity index (χ0v) is 18.2. The fourth-order valence-electron chi connectivity index (χ4n) is 3.17. The third-order valence-corrected chi connectivity index (χ3v) is 4.61. The second kappa shape index (κ2) is 9.11. The van der Waals surface area contributed by atoms with E-state index < -0.39 is 23.7 Å². The number of urea groups is 1. The summed E-state index contributed by atoms with van der Waals surface area (Å²) in [5.74, 6) is -0.0101. The number of amides is 3. The van der Waals surface area contributed by atoms with E-state index >= 15 is 0 Å². The Morgan fingerprint density at radius 1 is 1.17 bits per heavy atom. The van der Waals surface area contributed by atoms with Crippen LogP contribution in [-0.4, -0.2) is 35.0 Å². The molecule has 2 aromatic rings. The quantitative estimate of drug-likeness (QED) is 0.743. The lowest BCUT2D eigenvalue weighted by molar-refractivity contribution is -0.136. The maximum Gasteiger partial charge on any atom is 0.336 e. The second-order valence-corrected chi connectivity index (χ2v) is 7.68. The number of aryl methyl sites for hydroxylation is 2. The number of carbonyl (C=O) groups is 2. The lowest BCUT2D eigenvalue weighted by Crippen LogP contribution is -2.53. The minimum Gasteiger partial charge on any atom is -0.480 e. The molecule has 1 unspecified atom stereocenters. The molecular formula is C22H30N2O5. The first-order chi connectivity index (χ1) is 13.6. The van der Waals surface area contributed by atoms with Crippen LogP contribution < -0.4 is 15.7 Å². The fraction of sp³-hybridized carbons (Fsp3) is 0.500. The molecule has 0 aliphatic rings. The highest BCUT2D eigenvalue weighted by Gasteiger charge is 2.30. The smallest absolute Gasteiger partial charge is 0.336 e. The van der Waals surface area contributed by atoms with Crippen LogP contribution >= 0.6 is 0 Å². The molecule has 29 heavy (non-hydrogen) atoms. The van der Waals surface area contributed by atoms with Crippen LogP contribution in [0, 0.1) is 6.92 Å².